The topological polar surface area (TPSA) is 58.4 Å². The van der Waals surface area contributed by atoms with E-state index in [0.29, 0.717) is 12.6 Å². The Kier molecular flexibility index (Phi) is 6.58. The summed E-state index contributed by atoms with van der Waals surface area (Å²) < 4.78 is 27.6. The Balaban J connectivity index is 1.86. The van der Waals surface area contributed by atoms with Gasteiger partial charge in [0, 0.05) is 38.8 Å². The third-order valence-electron chi connectivity index (χ3n) is 5.67. The smallest absolute Gasteiger partial charge is 0.228 e. The zero-order valence-corrected chi connectivity index (χ0v) is 18.2. The molecule has 0 bridgehead atoms. The van der Waals surface area contributed by atoms with Crippen LogP contribution in [-0.2, 0) is 29.3 Å². The summed E-state index contributed by atoms with van der Waals surface area (Å²) in [5, 5.41) is -0.280. The maximum atomic E-state index is 12.9. The third-order valence-corrected chi connectivity index (χ3v) is 7.75. The highest BCUT2D eigenvalue weighted by molar-refractivity contribution is 7.91. The summed E-state index contributed by atoms with van der Waals surface area (Å²) in [5.74, 6) is 0. The number of benzene rings is 1. The molecule has 0 spiro atoms. The summed E-state index contributed by atoms with van der Waals surface area (Å²) >= 11 is 0. The van der Waals surface area contributed by atoms with Crippen LogP contribution in [0.25, 0.3) is 0 Å². The number of piperazine rings is 1. The van der Waals surface area contributed by atoms with Gasteiger partial charge in [-0.2, -0.15) is 0 Å². The van der Waals surface area contributed by atoms with Gasteiger partial charge in [-0.3, -0.25) is 4.90 Å². The van der Waals surface area contributed by atoms with Gasteiger partial charge in [0.05, 0.1) is 17.1 Å². The minimum Gasteiger partial charge on any atom is -0.317 e. The zero-order valence-electron chi connectivity index (χ0n) is 17.4. The molecule has 1 aliphatic rings. The fraction of sp³-hybridized carbons (Fsp3) is 0.571. The molecular weight excluding hydrogens is 372 g/mol. The molecule has 1 aromatic carbocycles. The largest absolute Gasteiger partial charge is 0.317 e. The van der Waals surface area contributed by atoms with E-state index < -0.39 is 15.1 Å². The van der Waals surface area contributed by atoms with Crippen LogP contribution in [-0.4, -0.2) is 65.7 Å². The molecule has 0 amide bonds. The lowest BCUT2D eigenvalue weighted by molar-refractivity contribution is 0.0980. The second-order valence-electron chi connectivity index (χ2n) is 8.08. The standard InChI is InChI=1S/C21H32N4O2S/c1-17(2)28(26,27)21-22-14-20(16-24-13-12-23(4)18(3)15-24)25(21)11-10-19-8-6-5-7-9-19/h5-9,14,17-18H,10-13,15-16H2,1-4H3/t18-/m1/s1. The minimum atomic E-state index is -3.43. The highest BCUT2D eigenvalue weighted by atomic mass is 32.2. The molecule has 1 aromatic heterocycles. The molecule has 2 aromatic rings. The number of hydrogen-bond acceptors (Lipinski definition) is 5. The van der Waals surface area contributed by atoms with Crippen LogP contribution in [0.2, 0.25) is 0 Å². The first kappa shape index (κ1) is 21.0. The number of imidazole rings is 1. The van der Waals surface area contributed by atoms with Gasteiger partial charge in [-0.1, -0.05) is 30.3 Å². The van der Waals surface area contributed by atoms with Crippen LogP contribution >= 0.6 is 0 Å². The predicted molar refractivity (Wildman–Crippen MR) is 112 cm³/mol. The van der Waals surface area contributed by atoms with Gasteiger partial charge >= 0.3 is 0 Å². The van der Waals surface area contributed by atoms with Crippen molar-refractivity contribution >= 4 is 9.84 Å². The van der Waals surface area contributed by atoms with E-state index in [1.54, 1.807) is 20.0 Å². The molecule has 1 aliphatic heterocycles. The molecule has 1 saturated heterocycles. The molecule has 0 N–H and O–H groups in total. The van der Waals surface area contributed by atoms with Crippen LogP contribution in [0.3, 0.4) is 0 Å². The fourth-order valence-corrected chi connectivity index (χ4v) is 4.71. The highest BCUT2D eigenvalue weighted by Crippen LogP contribution is 2.20. The van der Waals surface area contributed by atoms with E-state index in [1.165, 1.54) is 5.56 Å². The van der Waals surface area contributed by atoms with Crippen LogP contribution in [0.5, 0.6) is 0 Å². The van der Waals surface area contributed by atoms with Crippen molar-refractivity contribution in [1.82, 2.24) is 19.4 Å². The first-order valence-corrected chi connectivity index (χ1v) is 11.6. The van der Waals surface area contributed by atoms with E-state index in [4.69, 9.17) is 0 Å². The van der Waals surface area contributed by atoms with E-state index in [0.717, 1.165) is 38.3 Å². The summed E-state index contributed by atoms with van der Waals surface area (Å²) in [7, 11) is -1.27. The molecule has 7 heteroatoms. The summed E-state index contributed by atoms with van der Waals surface area (Å²) in [6.45, 7) is 9.99. The lowest BCUT2D eigenvalue weighted by Gasteiger charge is -2.37. The molecule has 1 fully saturated rings. The van der Waals surface area contributed by atoms with E-state index in [9.17, 15) is 8.42 Å². The normalized spacial score (nSPS) is 19.4. The lowest BCUT2D eigenvalue weighted by Crippen LogP contribution is -2.49. The van der Waals surface area contributed by atoms with Crippen molar-refractivity contribution < 1.29 is 8.42 Å². The Morgan fingerprint density at radius 3 is 2.54 bits per heavy atom. The van der Waals surface area contributed by atoms with Gasteiger partial charge in [-0.15, -0.1) is 0 Å². The van der Waals surface area contributed by atoms with Gasteiger partial charge < -0.3 is 9.47 Å². The fourth-order valence-electron chi connectivity index (χ4n) is 3.58. The Bertz CT molecular complexity index is 877. The second-order valence-corrected chi connectivity index (χ2v) is 10.5. The monoisotopic (exact) mass is 404 g/mol. The Hall–Kier alpha value is -1.70. The van der Waals surface area contributed by atoms with Gasteiger partial charge in [-0.05, 0) is 39.8 Å². The molecule has 1 atom stereocenters. The number of sulfone groups is 1. The summed E-state index contributed by atoms with van der Waals surface area (Å²) in [6, 6.07) is 10.7. The van der Waals surface area contributed by atoms with Crippen molar-refractivity contribution in [2.24, 2.45) is 0 Å². The molecule has 0 aliphatic carbocycles. The van der Waals surface area contributed by atoms with Crippen molar-refractivity contribution in [3.63, 3.8) is 0 Å². The maximum absolute atomic E-state index is 12.9. The number of aromatic nitrogens is 2. The minimum absolute atomic E-state index is 0.204. The van der Waals surface area contributed by atoms with Gasteiger partial charge in [0.1, 0.15) is 0 Å². The van der Waals surface area contributed by atoms with Crippen molar-refractivity contribution in [2.75, 3.05) is 26.7 Å². The summed E-state index contributed by atoms with van der Waals surface area (Å²) in [6.07, 6.45) is 2.53. The first-order chi connectivity index (χ1) is 13.3. The first-order valence-electron chi connectivity index (χ1n) is 10.0. The van der Waals surface area contributed by atoms with Crippen LogP contribution in [0.4, 0.5) is 0 Å². The predicted octanol–water partition coefficient (Wildman–Crippen LogP) is 2.44. The van der Waals surface area contributed by atoms with Crippen molar-refractivity contribution in [2.45, 2.75) is 56.7 Å². The van der Waals surface area contributed by atoms with Crippen LogP contribution in [0, 0.1) is 0 Å². The molecule has 3 rings (SSSR count). The molecule has 2 heterocycles. The Labute approximate surface area is 169 Å². The van der Waals surface area contributed by atoms with Crippen LogP contribution in [0.1, 0.15) is 32.0 Å². The highest BCUT2D eigenvalue weighted by Gasteiger charge is 2.28. The van der Waals surface area contributed by atoms with Crippen molar-refractivity contribution in [3.8, 4) is 0 Å². The average Bonchev–Trinajstić information content (AvgIpc) is 3.07. The SMILES string of the molecule is CC(C)S(=O)(=O)c1ncc(CN2CCN(C)[C@H](C)C2)n1CCc1ccccc1. The van der Waals surface area contributed by atoms with E-state index >= 15 is 0 Å². The van der Waals surface area contributed by atoms with Gasteiger partial charge in [-0.25, -0.2) is 13.4 Å². The Morgan fingerprint density at radius 2 is 1.89 bits per heavy atom. The quantitative estimate of drug-likeness (QED) is 0.709. The number of likely N-dealkylation sites (N-methyl/N-ethyl adjacent to an activating group) is 1. The van der Waals surface area contributed by atoms with E-state index in [1.807, 2.05) is 22.8 Å². The van der Waals surface area contributed by atoms with Gasteiger partial charge in [0.25, 0.3) is 0 Å². The molecule has 0 unspecified atom stereocenters. The number of nitrogens with zero attached hydrogens (tertiary/aromatic N) is 4. The number of rotatable bonds is 7. The zero-order chi connectivity index (χ0) is 20.3. The number of aryl methyl sites for hydroxylation is 1. The molecule has 0 saturated carbocycles. The molecule has 28 heavy (non-hydrogen) atoms. The summed E-state index contributed by atoms with van der Waals surface area (Å²) in [4.78, 5) is 9.11. The molecule has 154 valence electrons. The van der Waals surface area contributed by atoms with E-state index in [2.05, 4.69) is 40.9 Å². The Morgan fingerprint density at radius 1 is 1.18 bits per heavy atom. The van der Waals surface area contributed by atoms with Gasteiger partial charge in [0.15, 0.2) is 0 Å². The number of hydrogen-bond donors (Lipinski definition) is 0. The third kappa shape index (κ3) is 4.64. The van der Waals surface area contributed by atoms with Crippen molar-refractivity contribution in [3.05, 3.63) is 47.8 Å². The average molecular weight is 405 g/mol. The maximum Gasteiger partial charge on any atom is 0.228 e. The molecule has 6 nitrogen and oxygen atoms in total. The van der Waals surface area contributed by atoms with Crippen LogP contribution in [0.15, 0.2) is 41.7 Å². The van der Waals surface area contributed by atoms with Crippen molar-refractivity contribution in [1.29, 1.82) is 0 Å². The summed E-state index contributed by atoms with van der Waals surface area (Å²) in [5.41, 5.74) is 2.18. The molecule has 0 radical (unpaired) electrons. The lowest BCUT2D eigenvalue weighted by atomic mass is 10.1. The second kappa shape index (κ2) is 8.76. The van der Waals surface area contributed by atoms with Gasteiger partial charge in [0.2, 0.25) is 15.0 Å². The molecular formula is C21H32N4O2S. The van der Waals surface area contributed by atoms with Crippen LogP contribution < -0.4 is 0 Å². The van der Waals surface area contributed by atoms with E-state index in [-0.39, 0.29) is 5.16 Å².